The van der Waals surface area contributed by atoms with Gasteiger partial charge in [-0.05, 0) is 41.1 Å². The van der Waals surface area contributed by atoms with Crippen LogP contribution in [0.1, 0.15) is 18.4 Å². The number of benzene rings is 1. The zero-order chi connectivity index (χ0) is 9.84. The Hall–Kier alpha value is -0.580. The molecule has 70 valence electrons. The third-order valence-electron chi connectivity index (χ3n) is 1.93. The van der Waals surface area contributed by atoms with Crippen molar-refractivity contribution in [3.8, 4) is 0 Å². The van der Waals surface area contributed by atoms with E-state index in [1.165, 1.54) is 7.11 Å². The van der Waals surface area contributed by atoms with Gasteiger partial charge in [0, 0.05) is 3.57 Å². The Morgan fingerprint density at radius 3 is 2.62 bits per heavy atom. The molecule has 1 aromatic rings. The third kappa shape index (κ3) is 2.43. The summed E-state index contributed by atoms with van der Waals surface area (Å²) in [5.41, 5.74) is 1.02. The molecule has 0 saturated heterocycles. The first-order valence-electron chi connectivity index (χ1n) is 3.99. The highest BCUT2D eigenvalue weighted by atomic mass is 127. The van der Waals surface area contributed by atoms with E-state index in [-0.39, 0.29) is 11.9 Å². The van der Waals surface area contributed by atoms with Crippen molar-refractivity contribution in [3.05, 3.63) is 33.4 Å². The van der Waals surface area contributed by atoms with Gasteiger partial charge < -0.3 is 4.74 Å². The van der Waals surface area contributed by atoms with Crippen molar-refractivity contribution in [2.75, 3.05) is 7.11 Å². The molecule has 1 rings (SSSR count). The van der Waals surface area contributed by atoms with Gasteiger partial charge >= 0.3 is 5.97 Å². The smallest absolute Gasteiger partial charge is 0.312 e. The van der Waals surface area contributed by atoms with Crippen LogP contribution in [0.2, 0.25) is 0 Å². The molecule has 0 heterocycles. The summed E-state index contributed by atoms with van der Waals surface area (Å²) in [4.78, 5) is 11.2. The predicted molar refractivity (Wildman–Crippen MR) is 59.6 cm³/mol. The van der Waals surface area contributed by atoms with Crippen molar-refractivity contribution in [1.29, 1.82) is 0 Å². The molecule has 0 fully saturated rings. The standard InChI is InChI=1S/C10H11IO2/c1-7(10(12)13-2)8-5-3-4-6-9(8)11/h3-7H,1-2H3/t7-/m1/s1. The summed E-state index contributed by atoms with van der Waals surface area (Å²) in [5.74, 6) is -0.373. The van der Waals surface area contributed by atoms with E-state index >= 15 is 0 Å². The van der Waals surface area contributed by atoms with Gasteiger partial charge in [-0.1, -0.05) is 18.2 Å². The van der Waals surface area contributed by atoms with Gasteiger partial charge in [0.05, 0.1) is 13.0 Å². The summed E-state index contributed by atoms with van der Waals surface area (Å²) in [5, 5.41) is 0. The first-order chi connectivity index (χ1) is 6.16. The minimum Gasteiger partial charge on any atom is -0.469 e. The normalized spacial score (nSPS) is 12.2. The quantitative estimate of drug-likeness (QED) is 0.618. The molecule has 13 heavy (non-hydrogen) atoms. The van der Waals surface area contributed by atoms with E-state index < -0.39 is 0 Å². The molecule has 0 aliphatic heterocycles. The lowest BCUT2D eigenvalue weighted by Gasteiger charge is -2.10. The molecule has 0 N–H and O–H groups in total. The fraction of sp³-hybridized carbons (Fsp3) is 0.300. The Kier molecular flexibility index (Phi) is 3.71. The summed E-state index contributed by atoms with van der Waals surface area (Å²) >= 11 is 2.22. The van der Waals surface area contributed by atoms with E-state index in [4.69, 9.17) is 0 Å². The van der Waals surface area contributed by atoms with Gasteiger partial charge in [-0.3, -0.25) is 4.79 Å². The van der Waals surface area contributed by atoms with Crippen LogP contribution in [0.15, 0.2) is 24.3 Å². The van der Waals surface area contributed by atoms with Crippen LogP contribution in [0.25, 0.3) is 0 Å². The van der Waals surface area contributed by atoms with Gasteiger partial charge in [-0.25, -0.2) is 0 Å². The second-order valence-corrected chi connectivity index (χ2v) is 3.93. The zero-order valence-electron chi connectivity index (χ0n) is 7.58. The molecule has 0 bridgehead atoms. The van der Waals surface area contributed by atoms with Crippen LogP contribution >= 0.6 is 22.6 Å². The molecule has 0 aromatic heterocycles. The van der Waals surface area contributed by atoms with Crippen molar-refractivity contribution >= 4 is 28.6 Å². The van der Waals surface area contributed by atoms with E-state index in [0.717, 1.165) is 9.13 Å². The highest BCUT2D eigenvalue weighted by Crippen LogP contribution is 2.22. The maximum atomic E-state index is 11.2. The minimum absolute atomic E-state index is 0.182. The van der Waals surface area contributed by atoms with Gasteiger partial charge in [0.1, 0.15) is 0 Å². The van der Waals surface area contributed by atoms with E-state index in [1.54, 1.807) is 0 Å². The summed E-state index contributed by atoms with van der Waals surface area (Å²) in [6.45, 7) is 1.85. The largest absolute Gasteiger partial charge is 0.469 e. The number of halogens is 1. The Bertz CT molecular complexity index is 310. The molecule has 0 saturated carbocycles. The van der Waals surface area contributed by atoms with Gasteiger partial charge in [0.2, 0.25) is 0 Å². The molecule has 1 atom stereocenters. The van der Waals surface area contributed by atoms with Crippen LogP contribution in [0.3, 0.4) is 0 Å². The molecular formula is C10H11IO2. The first-order valence-corrected chi connectivity index (χ1v) is 5.07. The van der Waals surface area contributed by atoms with Crippen LogP contribution < -0.4 is 0 Å². The van der Waals surface area contributed by atoms with Crippen LogP contribution in [-0.2, 0) is 9.53 Å². The third-order valence-corrected chi connectivity index (χ3v) is 2.91. The number of hydrogen-bond acceptors (Lipinski definition) is 2. The average Bonchev–Trinajstić information content (AvgIpc) is 2.16. The van der Waals surface area contributed by atoms with Crippen molar-refractivity contribution in [2.24, 2.45) is 0 Å². The molecule has 1 aromatic carbocycles. The van der Waals surface area contributed by atoms with Gasteiger partial charge in [0.15, 0.2) is 0 Å². The number of carbonyl (C=O) groups excluding carboxylic acids is 1. The lowest BCUT2D eigenvalue weighted by molar-refractivity contribution is -0.142. The van der Waals surface area contributed by atoms with Gasteiger partial charge in [-0.15, -0.1) is 0 Å². The highest BCUT2D eigenvalue weighted by Gasteiger charge is 2.17. The summed E-state index contributed by atoms with van der Waals surface area (Å²) in [6.07, 6.45) is 0. The number of rotatable bonds is 2. The molecule has 0 aliphatic rings. The topological polar surface area (TPSA) is 26.3 Å². The van der Waals surface area contributed by atoms with Gasteiger partial charge in [-0.2, -0.15) is 0 Å². The molecule has 0 aliphatic carbocycles. The Morgan fingerprint density at radius 2 is 2.08 bits per heavy atom. The average molecular weight is 290 g/mol. The van der Waals surface area contributed by atoms with Crippen LogP contribution in [0.5, 0.6) is 0 Å². The molecular weight excluding hydrogens is 279 g/mol. The van der Waals surface area contributed by atoms with E-state index in [2.05, 4.69) is 27.3 Å². The van der Waals surface area contributed by atoms with Crippen molar-refractivity contribution in [3.63, 3.8) is 0 Å². The molecule has 2 nitrogen and oxygen atoms in total. The predicted octanol–water partition coefficient (Wildman–Crippen LogP) is 2.57. The number of carbonyl (C=O) groups is 1. The van der Waals surface area contributed by atoms with Gasteiger partial charge in [0.25, 0.3) is 0 Å². The van der Waals surface area contributed by atoms with E-state index in [1.807, 2.05) is 31.2 Å². The lowest BCUT2D eigenvalue weighted by atomic mass is 10.0. The van der Waals surface area contributed by atoms with E-state index in [0.29, 0.717) is 0 Å². The second-order valence-electron chi connectivity index (χ2n) is 2.77. The van der Waals surface area contributed by atoms with Crippen molar-refractivity contribution < 1.29 is 9.53 Å². The van der Waals surface area contributed by atoms with Crippen molar-refractivity contribution in [1.82, 2.24) is 0 Å². The first kappa shape index (κ1) is 10.5. The molecule has 3 heteroatoms. The number of esters is 1. The molecule has 0 spiro atoms. The zero-order valence-corrected chi connectivity index (χ0v) is 9.74. The van der Waals surface area contributed by atoms with Crippen LogP contribution in [-0.4, -0.2) is 13.1 Å². The minimum atomic E-state index is -0.191. The monoisotopic (exact) mass is 290 g/mol. The Balaban J connectivity index is 2.95. The molecule has 0 unspecified atom stereocenters. The van der Waals surface area contributed by atoms with E-state index in [9.17, 15) is 4.79 Å². The maximum Gasteiger partial charge on any atom is 0.312 e. The number of methoxy groups -OCH3 is 1. The number of hydrogen-bond donors (Lipinski definition) is 0. The summed E-state index contributed by atoms with van der Waals surface area (Å²) < 4.78 is 5.77. The number of ether oxygens (including phenoxy) is 1. The maximum absolute atomic E-state index is 11.2. The fourth-order valence-corrected chi connectivity index (χ4v) is 1.98. The highest BCUT2D eigenvalue weighted by molar-refractivity contribution is 14.1. The van der Waals surface area contributed by atoms with Crippen LogP contribution in [0.4, 0.5) is 0 Å². The SMILES string of the molecule is COC(=O)[C@H](C)c1ccccc1I. The summed E-state index contributed by atoms with van der Waals surface area (Å²) in [7, 11) is 1.41. The Labute approximate surface area is 91.4 Å². The Morgan fingerprint density at radius 1 is 1.46 bits per heavy atom. The molecule has 0 radical (unpaired) electrons. The molecule has 0 amide bonds. The second kappa shape index (κ2) is 4.60. The fourth-order valence-electron chi connectivity index (χ4n) is 1.13. The van der Waals surface area contributed by atoms with Crippen molar-refractivity contribution in [2.45, 2.75) is 12.8 Å². The lowest BCUT2D eigenvalue weighted by Crippen LogP contribution is -2.11. The van der Waals surface area contributed by atoms with Crippen LogP contribution in [0, 0.1) is 3.57 Å². The summed E-state index contributed by atoms with van der Waals surface area (Å²) in [6, 6.07) is 7.81.